The van der Waals surface area contributed by atoms with Crippen LogP contribution in [0.15, 0.2) is 11.0 Å². The summed E-state index contributed by atoms with van der Waals surface area (Å²) in [6, 6.07) is 0. The zero-order valence-corrected chi connectivity index (χ0v) is 12.7. The van der Waals surface area contributed by atoms with Crippen molar-refractivity contribution in [2.24, 2.45) is 0 Å². The van der Waals surface area contributed by atoms with Crippen molar-refractivity contribution < 1.29 is 23.7 Å². The van der Waals surface area contributed by atoms with Gasteiger partial charge in [-0.15, -0.1) is 0 Å². The SMILES string of the molecule is CC(F)C#CC1(Cl)C(n2cc(F)c(N)nc2=O)OC(CO)[C@@H]1O. The number of aromatic nitrogens is 2. The number of nitrogens with two attached hydrogens (primary N) is 1. The molecule has 5 atom stereocenters. The van der Waals surface area contributed by atoms with Crippen molar-refractivity contribution in [1.29, 1.82) is 0 Å². The first kappa shape index (κ1) is 17.6. The molecule has 0 aliphatic carbocycles. The molecule has 1 aromatic heterocycles. The molecule has 0 bridgehead atoms. The van der Waals surface area contributed by atoms with Crippen molar-refractivity contribution in [2.45, 2.75) is 36.4 Å². The Morgan fingerprint density at radius 1 is 1.70 bits per heavy atom. The van der Waals surface area contributed by atoms with E-state index in [-0.39, 0.29) is 0 Å². The average Bonchev–Trinajstić information content (AvgIpc) is 2.73. The third kappa shape index (κ3) is 3.16. The van der Waals surface area contributed by atoms with Gasteiger partial charge in [0.1, 0.15) is 12.2 Å². The highest BCUT2D eigenvalue weighted by Crippen LogP contribution is 2.42. The Labute approximate surface area is 134 Å². The summed E-state index contributed by atoms with van der Waals surface area (Å²) in [6.45, 7) is 0.503. The smallest absolute Gasteiger partial charge is 0.351 e. The van der Waals surface area contributed by atoms with E-state index in [1.165, 1.54) is 0 Å². The number of rotatable bonds is 2. The third-order valence-corrected chi connectivity index (χ3v) is 3.78. The molecule has 4 unspecified atom stereocenters. The maximum Gasteiger partial charge on any atom is 0.351 e. The van der Waals surface area contributed by atoms with Gasteiger partial charge < -0.3 is 20.7 Å². The number of alkyl halides is 2. The van der Waals surface area contributed by atoms with E-state index >= 15 is 0 Å². The molecule has 1 aromatic rings. The summed E-state index contributed by atoms with van der Waals surface area (Å²) >= 11 is 6.24. The molecule has 23 heavy (non-hydrogen) atoms. The van der Waals surface area contributed by atoms with E-state index in [1.54, 1.807) is 0 Å². The lowest BCUT2D eigenvalue weighted by molar-refractivity contribution is -0.0467. The van der Waals surface area contributed by atoms with Gasteiger partial charge in [-0.05, 0) is 6.92 Å². The standard InChI is InChI=1S/C13H14ClF2N3O4/c1-6(15)2-3-13(14)9(21)8(5-20)23-11(13)19-4-7(16)10(17)18-12(19)22/h4,6,8-9,11,20-21H,5H2,1H3,(H2,17,18,22)/t6?,8?,9-,11?,13?/m0/s1. The molecule has 1 saturated heterocycles. The average molecular weight is 350 g/mol. The van der Waals surface area contributed by atoms with Crippen LogP contribution in [0.1, 0.15) is 13.2 Å². The number of hydrogen-bond donors (Lipinski definition) is 3. The quantitative estimate of drug-likeness (QED) is 0.493. The molecule has 1 fully saturated rings. The number of ether oxygens (including phenoxy) is 1. The van der Waals surface area contributed by atoms with E-state index in [4.69, 9.17) is 22.1 Å². The summed E-state index contributed by atoms with van der Waals surface area (Å²) in [5.41, 5.74) is 4.19. The second-order valence-electron chi connectivity index (χ2n) is 4.97. The largest absolute Gasteiger partial charge is 0.394 e. The molecule has 0 aromatic carbocycles. The number of nitrogens with zero attached hydrogens (tertiary/aromatic N) is 2. The molecule has 0 saturated carbocycles. The Balaban J connectivity index is 2.57. The van der Waals surface area contributed by atoms with Gasteiger partial charge in [0.15, 0.2) is 28.9 Å². The number of halogens is 3. The maximum absolute atomic E-state index is 13.6. The highest BCUT2D eigenvalue weighted by Gasteiger charge is 2.56. The van der Waals surface area contributed by atoms with Crippen molar-refractivity contribution >= 4 is 17.4 Å². The van der Waals surface area contributed by atoms with E-state index in [9.17, 15) is 23.8 Å². The fourth-order valence-corrected chi connectivity index (χ4v) is 2.49. The lowest BCUT2D eigenvalue weighted by Crippen LogP contribution is -2.43. The van der Waals surface area contributed by atoms with Crippen LogP contribution in [0.5, 0.6) is 0 Å². The number of aliphatic hydroxyl groups excluding tert-OH is 2. The Bertz CT molecular complexity index is 717. The normalized spacial score (nSPS) is 31.5. The van der Waals surface area contributed by atoms with E-state index < -0.39 is 53.4 Å². The maximum atomic E-state index is 13.6. The van der Waals surface area contributed by atoms with Gasteiger partial charge in [0.05, 0.1) is 12.8 Å². The number of hydrogen-bond acceptors (Lipinski definition) is 6. The Hall–Kier alpha value is -1.73. The zero-order valence-electron chi connectivity index (χ0n) is 11.9. The molecular formula is C13H14ClF2N3O4. The molecule has 1 aliphatic heterocycles. The lowest BCUT2D eigenvalue weighted by atomic mass is 9.99. The van der Waals surface area contributed by atoms with Crippen LogP contribution in [0.25, 0.3) is 0 Å². The third-order valence-electron chi connectivity index (χ3n) is 3.28. The lowest BCUT2D eigenvalue weighted by Gasteiger charge is -2.25. The van der Waals surface area contributed by atoms with E-state index in [1.807, 2.05) is 0 Å². The first-order chi connectivity index (χ1) is 10.7. The van der Waals surface area contributed by atoms with E-state index in [0.717, 1.165) is 6.92 Å². The van der Waals surface area contributed by atoms with Gasteiger partial charge in [0, 0.05) is 0 Å². The molecule has 126 valence electrons. The minimum atomic E-state index is -1.98. The van der Waals surface area contributed by atoms with Crippen LogP contribution in [0.3, 0.4) is 0 Å². The fraction of sp³-hybridized carbons (Fsp3) is 0.538. The predicted octanol–water partition coefficient (Wildman–Crippen LogP) is -0.446. The topological polar surface area (TPSA) is 111 Å². The van der Waals surface area contributed by atoms with Crippen molar-refractivity contribution in [3.05, 3.63) is 22.5 Å². The molecule has 7 nitrogen and oxygen atoms in total. The summed E-state index contributed by atoms with van der Waals surface area (Å²) in [5, 5.41) is 19.4. The second-order valence-corrected chi connectivity index (χ2v) is 5.60. The second kappa shape index (κ2) is 6.41. The Morgan fingerprint density at radius 3 is 2.91 bits per heavy atom. The molecule has 0 radical (unpaired) electrons. The van der Waals surface area contributed by atoms with E-state index in [0.29, 0.717) is 10.8 Å². The summed E-state index contributed by atoms with van der Waals surface area (Å²) in [5.74, 6) is 2.79. The summed E-state index contributed by atoms with van der Waals surface area (Å²) in [7, 11) is 0. The Kier molecular flexibility index (Phi) is 4.91. The van der Waals surface area contributed by atoms with Gasteiger partial charge in [-0.2, -0.15) is 4.98 Å². The monoisotopic (exact) mass is 349 g/mol. The van der Waals surface area contributed by atoms with Crippen LogP contribution in [-0.4, -0.2) is 49.6 Å². The van der Waals surface area contributed by atoms with Crippen molar-refractivity contribution in [3.63, 3.8) is 0 Å². The molecule has 2 rings (SSSR count). The highest BCUT2D eigenvalue weighted by molar-refractivity contribution is 6.27. The van der Waals surface area contributed by atoms with Crippen LogP contribution in [-0.2, 0) is 4.74 Å². The molecule has 0 amide bonds. The number of nitrogen functional groups attached to an aromatic ring is 1. The number of anilines is 1. The van der Waals surface area contributed by atoms with Crippen LogP contribution in [0.2, 0.25) is 0 Å². The van der Waals surface area contributed by atoms with Crippen molar-refractivity contribution in [1.82, 2.24) is 9.55 Å². The van der Waals surface area contributed by atoms with Crippen LogP contribution in [0, 0.1) is 17.7 Å². The number of aliphatic hydroxyl groups is 2. The molecule has 0 spiro atoms. The summed E-state index contributed by atoms with van der Waals surface area (Å²) in [6.07, 6.45) is -5.13. The zero-order chi connectivity index (χ0) is 17.4. The van der Waals surface area contributed by atoms with Crippen molar-refractivity contribution in [3.8, 4) is 11.8 Å². The van der Waals surface area contributed by atoms with Gasteiger partial charge in [0.25, 0.3) is 0 Å². The summed E-state index contributed by atoms with van der Waals surface area (Å²) < 4.78 is 32.5. The minimum absolute atomic E-state index is 0.618. The minimum Gasteiger partial charge on any atom is -0.394 e. The first-order valence-electron chi connectivity index (χ1n) is 6.55. The Morgan fingerprint density at radius 2 is 2.35 bits per heavy atom. The molecular weight excluding hydrogens is 336 g/mol. The fourth-order valence-electron chi connectivity index (χ4n) is 2.14. The molecule has 1 aliphatic rings. The van der Waals surface area contributed by atoms with Gasteiger partial charge in [-0.3, -0.25) is 4.57 Å². The van der Waals surface area contributed by atoms with Gasteiger partial charge in [-0.1, -0.05) is 23.4 Å². The van der Waals surface area contributed by atoms with Gasteiger partial charge in [0.2, 0.25) is 0 Å². The van der Waals surface area contributed by atoms with Crippen LogP contribution >= 0.6 is 11.6 Å². The molecule has 4 N–H and O–H groups in total. The predicted molar refractivity (Wildman–Crippen MR) is 76.8 cm³/mol. The summed E-state index contributed by atoms with van der Waals surface area (Å²) in [4.78, 5) is 13.2. The van der Waals surface area contributed by atoms with Gasteiger partial charge >= 0.3 is 5.69 Å². The van der Waals surface area contributed by atoms with Crippen molar-refractivity contribution in [2.75, 3.05) is 12.3 Å². The van der Waals surface area contributed by atoms with E-state index in [2.05, 4.69) is 16.8 Å². The first-order valence-corrected chi connectivity index (χ1v) is 6.92. The molecule has 2 heterocycles. The highest BCUT2D eigenvalue weighted by atomic mass is 35.5. The van der Waals surface area contributed by atoms with Gasteiger partial charge in [-0.25, -0.2) is 13.6 Å². The van der Waals surface area contributed by atoms with Crippen LogP contribution in [0.4, 0.5) is 14.6 Å². The molecule has 10 heteroatoms. The van der Waals surface area contributed by atoms with Crippen LogP contribution < -0.4 is 11.4 Å².